The van der Waals surface area contributed by atoms with Gasteiger partial charge in [-0.3, -0.25) is 4.98 Å². The van der Waals surface area contributed by atoms with E-state index in [1.54, 1.807) is 6.07 Å². The van der Waals surface area contributed by atoms with Crippen molar-refractivity contribution in [1.82, 2.24) is 4.98 Å². The molecule has 15 heavy (non-hydrogen) atoms. The predicted octanol–water partition coefficient (Wildman–Crippen LogP) is 2.61. The minimum atomic E-state index is -0.497. The number of nitrogen functional groups attached to an aromatic ring is 1. The summed E-state index contributed by atoms with van der Waals surface area (Å²) < 4.78 is 26.3. The molecule has 2 rings (SSSR count). The Morgan fingerprint density at radius 3 is 2.53 bits per heavy atom. The molecule has 0 spiro atoms. The molecule has 0 amide bonds. The number of halogens is 2. The standard InChI is InChI=1S/C11H8F2N2/c12-8-3-7(5-15-6-8)10-2-1-9(14)4-11(10)13/h1-6H,14H2. The smallest absolute Gasteiger partial charge is 0.142 e. The zero-order chi connectivity index (χ0) is 10.8. The van der Waals surface area contributed by atoms with Gasteiger partial charge in [-0.15, -0.1) is 0 Å². The summed E-state index contributed by atoms with van der Waals surface area (Å²) in [6.07, 6.45) is 2.47. The average molecular weight is 206 g/mol. The van der Waals surface area contributed by atoms with E-state index in [9.17, 15) is 8.78 Å². The molecule has 0 aliphatic carbocycles. The predicted molar refractivity (Wildman–Crippen MR) is 54.0 cm³/mol. The molecule has 0 fully saturated rings. The maximum atomic E-state index is 13.4. The molecule has 1 aromatic carbocycles. The third-order valence-electron chi connectivity index (χ3n) is 2.01. The van der Waals surface area contributed by atoms with Crippen LogP contribution in [-0.2, 0) is 0 Å². The normalized spacial score (nSPS) is 10.3. The summed E-state index contributed by atoms with van der Waals surface area (Å²) in [5.41, 5.74) is 6.42. The van der Waals surface area contributed by atoms with Crippen LogP contribution in [0.15, 0.2) is 36.7 Å². The van der Waals surface area contributed by atoms with Gasteiger partial charge in [-0.25, -0.2) is 8.78 Å². The fourth-order valence-corrected chi connectivity index (χ4v) is 1.32. The molecule has 0 saturated heterocycles. The number of benzene rings is 1. The van der Waals surface area contributed by atoms with Crippen LogP contribution in [0.4, 0.5) is 14.5 Å². The molecule has 0 unspecified atom stereocenters. The highest BCUT2D eigenvalue weighted by atomic mass is 19.1. The summed E-state index contributed by atoms with van der Waals surface area (Å²) in [7, 11) is 0. The largest absolute Gasteiger partial charge is 0.399 e. The van der Waals surface area contributed by atoms with E-state index in [-0.39, 0.29) is 5.56 Å². The van der Waals surface area contributed by atoms with Crippen molar-refractivity contribution >= 4 is 5.69 Å². The van der Waals surface area contributed by atoms with Gasteiger partial charge < -0.3 is 5.73 Å². The molecule has 76 valence electrons. The number of nitrogens with two attached hydrogens (primary N) is 1. The van der Waals surface area contributed by atoms with Crippen LogP contribution >= 0.6 is 0 Å². The summed E-state index contributed by atoms with van der Waals surface area (Å²) in [5.74, 6) is -0.980. The van der Waals surface area contributed by atoms with Crippen LogP contribution in [0.3, 0.4) is 0 Å². The second-order valence-electron chi connectivity index (χ2n) is 3.13. The topological polar surface area (TPSA) is 38.9 Å². The lowest BCUT2D eigenvalue weighted by Gasteiger charge is -2.03. The number of hydrogen-bond acceptors (Lipinski definition) is 2. The van der Waals surface area contributed by atoms with Crippen molar-refractivity contribution in [2.24, 2.45) is 0 Å². The highest BCUT2D eigenvalue weighted by Gasteiger charge is 2.06. The van der Waals surface area contributed by atoms with E-state index in [1.165, 1.54) is 24.4 Å². The van der Waals surface area contributed by atoms with Gasteiger partial charge in [-0.1, -0.05) is 0 Å². The molecule has 0 radical (unpaired) electrons. The van der Waals surface area contributed by atoms with Crippen LogP contribution in [0.25, 0.3) is 11.1 Å². The summed E-state index contributed by atoms with van der Waals surface area (Å²) >= 11 is 0. The molecule has 0 bridgehead atoms. The Hall–Kier alpha value is -1.97. The van der Waals surface area contributed by atoms with Gasteiger partial charge in [0.15, 0.2) is 0 Å². The zero-order valence-electron chi connectivity index (χ0n) is 7.74. The first kappa shape index (κ1) is 9.58. The molecule has 2 N–H and O–H groups in total. The van der Waals surface area contributed by atoms with Gasteiger partial charge in [0.2, 0.25) is 0 Å². The maximum Gasteiger partial charge on any atom is 0.142 e. The Morgan fingerprint density at radius 1 is 1.07 bits per heavy atom. The van der Waals surface area contributed by atoms with E-state index in [2.05, 4.69) is 4.98 Å². The lowest BCUT2D eigenvalue weighted by atomic mass is 10.1. The molecular weight excluding hydrogens is 198 g/mol. The molecule has 0 atom stereocenters. The number of nitrogens with zero attached hydrogens (tertiary/aromatic N) is 1. The van der Waals surface area contributed by atoms with Crippen molar-refractivity contribution in [2.75, 3.05) is 5.73 Å². The number of hydrogen-bond donors (Lipinski definition) is 1. The van der Waals surface area contributed by atoms with E-state index in [0.29, 0.717) is 11.3 Å². The van der Waals surface area contributed by atoms with Gasteiger partial charge in [0, 0.05) is 23.0 Å². The van der Waals surface area contributed by atoms with Crippen LogP contribution in [0.2, 0.25) is 0 Å². The van der Waals surface area contributed by atoms with Crippen molar-refractivity contribution in [1.29, 1.82) is 0 Å². The monoisotopic (exact) mass is 206 g/mol. The summed E-state index contributed by atoms with van der Waals surface area (Å²) in [6, 6.07) is 5.48. The highest BCUT2D eigenvalue weighted by molar-refractivity contribution is 5.65. The third kappa shape index (κ3) is 1.93. The van der Waals surface area contributed by atoms with E-state index in [1.807, 2.05) is 0 Å². The Balaban J connectivity index is 2.54. The van der Waals surface area contributed by atoms with Gasteiger partial charge in [0.1, 0.15) is 11.6 Å². The molecule has 2 nitrogen and oxygen atoms in total. The van der Waals surface area contributed by atoms with Gasteiger partial charge in [0.05, 0.1) is 6.20 Å². The summed E-state index contributed by atoms with van der Waals surface area (Å²) in [5, 5.41) is 0. The number of anilines is 1. The molecule has 0 aliphatic heterocycles. The molecule has 2 aromatic rings. The molecular formula is C11H8F2N2. The molecule has 1 heterocycles. The quantitative estimate of drug-likeness (QED) is 0.728. The van der Waals surface area contributed by atoms with E-state index < -0.39 is 11.6 Å². The summed E-state index contributed by atoms with van der Waals surface area (Å²) in [6.45, 7) is 0. The Bertz CT molecular complexity index is 498. The molecule has 4 heteroatoms. The number of pyridine rings is 1. The number of rotatable bonds is 1. The molecule has 0 saturated carbocycles. The second kappa shape index (κ2) is 3.65. The second-order valence-corrected chi connectivity index (χ2v) is 3.13. The zero-order valence-corrected chi connectivity index (χ0v) is 7.74. The van der Waals surface area contributed by atoms with Crippen molar-refractivity contribution in [3.05, 3.63) is 48.3 Å². The highest BCUT2D eigenvalue weighted by Crippen LogP contribution is 2.23. The van der Waals surface area contributed by atoms with Crippen LogP contribution in [0.5, 0.6) is 0 Å². The Kier molecular flexibility index (Phi) is 2.33. The molecule has 1 aromatic heterocycles. The fraction of sp³-hybridized carbons (Fsp3) is 0. The van der Waals surface area contributed by atoms with E-state index in [0.717, 1.165) is 6.20 Å². The van der Waals surface area contributed by atoms with Gasteiger partial charge >= 0.3 is 0 Å². The minimum Gasteiger partial charge on any atom is -0.399 e. The Labute approximate surface area is 85.4 Å². The first-order valence-electron chi connectivity index (χ1n) is 4.33. The van der Waals surface area contributed by atoms with Gasteiger partial charge in [0.25, 0.3) is 0 Å². The van der Waals surface area contributed by atoms with E-state index in [4.69, 9.17) is 5.73 Å². The van der Waals surface area contributed by atoms with Crippen molar-refractivity contribution < 1.29 is 8.78 Å². The minimum absolute atomic E-state index is 0.288. The van der Waals surface area contributed by atoms with E-state index >= 15 is 0 Å². The maximum absolute atomic E-state index is 13.4. The van der Waals surface area contributed by atoms with Crippen molar-refractivity contribution in [2.45, 2.75) is 0 Å². The lowest BCUT2D eigenvalue weighted by Crippen LogP contribution is -1.90. The van der Waals surface area contributed by atoms with Crippen molar-refractivity contribution in [3.8, 4) is 11.1 Å². The number of aromatic nitrogens is 1. The van der Waals surface area contributed by atoms with Crippen LogP contribution in [0, 0.1) is 11.6 Å². The van der Waals surface area contributed by atoms with Crippen LogP contribution in [0.1, 0.15) is 0 Å². The first-order valence-corrected chi connectivity index (χ1v) is 4.33. The fourth-order valence-electron chi connectivity index (χ4n) is 1.32. The molecule has 0 aliphatic rings. The van der Waals surface area contributed by atoms with Gasteiger partial charge in [-0.2, -0.15) is 0 Å². The average Bonchev–Trinajstić information content (AvgIpc) is 2.17. The first-order chi connectivity index (χ1) is 7.16. The summed E-state index contributed by atoms with van der Waals surface area (Å²) in [4.78, 5) is 3.65. The van der Waals surface area contributed by atoms with Crippen molar-refractivity contribution in [3.63, 3.8) is 0 Å². The third-order valence-corrected chi connectivity index (χ3v) is 2.01. The lowest BCUT2D eigenvalue weighted by molar-refractivity contribution is 0.619. The Morgan fingerprint density at radius 2 is 1.87 bits per heavy atom. The SMILES string of the molecule is Nc1ccc(-c2cncc(F)c2)c(F)c1. The van der Waals surface area contributed by atoms with Crippen LogP contribution < -0.4 is 5.73 Å². The van der Waals surface area contributed by atoms with Gasteiger partial charge in [-0.05, 0) is 24.3 Å². The van der Waals surface area contributed by atoms with Crippen LogP contribution in [-0.4, -0.2) is 4.98 Å².